The molecule has 4 nitrogen and oxygen atoms in total. The molecule has 0 saturated carbocycles. The van der Waals surface area contributed by atoms with Crippen molar-refractivity contribution in [2.45, 2.75) is 6.54 Å². The van der Waals surface area contributed by atoms with E-state index in [1.807, 2.05) is 41.1 Å². The van der Waals surface area contributed by atoms with Crippen LogP contribution in [-0.4, -0.2) is 9.49 Å². The molecule has 0 radical (unpaired) electrons. The lowest BCUT2D eigenvalue weighted by Crippen LogP contribution is -1.98. The minimum atomic E-state index is -0.365. The van der Waals surface area contributed by atoms with Crippen LogP contribution in [0.25, 0.3) is 10.9 Å². The molecule has 0 spiro atoms. The third-order valence-corrected chi connectivity index (χ3v) is 3.70. The van der Waals surface area contributed by atoms with Gasteiger partial charge in [-0.2, -0.15) is 0 Å². The molecule has 0 aliphatic heterocycles. The van der Waals surface area contributed by atoms with Crippen LogP contribution in [0.1, 0.15) is 5.56 Å². The van der Waals surface area contributed by atoms with Gasteiger partial charge >= 0.3 is 0 Å². The molecule has 2 aromatic carbocycles. The van der Waals surface area contributed by atoms with Crippen LogP contribution in [0, 0.1) is 10.1 Å². The average molecular weight is 331 g/mol. The number of benzene rings is 2. The standard InChI is InChI=1S/C15H11BrN2O2/c16-13-3-1-2-11(8-13)10-17-7-6-12-4-5-14(18(19)20)9-15(12)17/h1-9H,10H2. The van der Waals surface area contributed by atoms with E-state index < -0.39 is 0 Å². The van der Waals surface area contributed by atoms with Crippen molar-refractivity contribution >= 4 is 32.5 Å². The summed E-state index contributed by atoms with van der Waals surface area (Å²) in [6.45, 7) is 0.685. The fourth-order valence-electron chi connectivity index (χ4n) is 2.26. The van der Waals surface area contributed by atoms with E-state index in [4.69, 9.17) is 0 Å². The highest BCUT2D eigenvalue weighted by molar-refractivity contribution is 9.10. The first-order valence-corrected chi connectivity index (χ1v) is 6.90. The lowest BCUT2D eigenvalue weighted by atomic mass is 10.2. The van der Waals surface area contributed by atoms with Crippen molar-refractivity contribution in [1.82, 2.24) is 4.57 Å². The summed E-state index contributed by atoms with van der Waals surface area (Å²) in [6, 6.07) is 14.9. The van der Waals surface area contributed by atoms with Crippen LogP contribution in [0.5, 0.6) is 0 Å². The Morgan fingerprint density at radius 3 is 2.75 bits per heavy atom. The molecule has 0 fully saturated rings. The first-order chi connectivity index (χ1) is 9.63. The molecule has 0 amide bonds. The Bertz CT molecular complexity index is 795. The van der Waals surface area contributed by atoms with Gasteiger partial charge in [0.05, 0.1) is 10.4 Å². The summed E-state index contributed by atoms with van der Waals surface area (Å²) in [5, 5.41) is 11.9. The van der Waals surface area contributed by atoms with Gasteiger partial charge in [-0.1, -0.05) is 28.1 Å². The molecule has 0 atom stereocenters. The van der Waals surface area contributed by atoms with Crippen LogP contribution in [-0.2, 0) is 6.54 Å². The van der Waals surface area contributed by atoms with E-state index in [0.29, 0.717) is 6.54 Å². The Labute approximate surface area is 123 Å². The smallest absolute Gasteiger partial charge is 0.271 e. The summed E-state index contributed by atoms with van der Waals surface area (Å²) in [5.41, 5.74) is 2.13. The van der Waals surface area contributed by atoms with Gasteiger partial charge in [-0.3, -0.25) is 10.1 Å². The molecular weight excluding hydrogens is 320 g/mol. The van der Waals surface area contributed by atoms with Crippen molar-refractivity contribution in [1.29, 1.82) is 0 Å². The highest BCUT2D eigenvalue weighted by Gasteiger charge is 2.09. The molecule has 1 aromatic heterocycles. The summed E-state index contributed by atoms with van der Waals surface area (Å²) >= 11 is 3.45. The number of nitro benzene ring substituents is 1. The van der Waals surface area contributed by atoms with Gasteiger partial charge in [0.25, 0.3) is 5.69 Å². The zero-order valence-electron chi connectivity index (χ0n) is 10.5. The molecule has 0 unspecified atom stereocenters. The zero-order valence-corrected chi connectivity index (χ0v) is 12.1. The second-order valence-corrected chi connectivity index (χ2v) is 5.49. The van der Waals surface area contributed by atoms with Crippen LogP contribution in [0.4, 0.5) is 5.69 Å². The number of nitrogens with zero attached hydrogens (tertiary/aromatic N) is 2. The predicted octanol–water partition coefficient (Wildman–Crippen LogP) is 4.36. The number of nitro groups is 1. The lowest BCUT2D eigenvalue weighted by Gasteiger charge is -2.06. The number of hydrogen-bond donors (Lipinski definition) is 0. The number of hydrogen-bond acceptors (Lipinski definition) is 2. The van der Waals surface area contributed by atoms with E-state index in [-0.39, 0.29) is 10.6 Å². The Morgan fingerprint density at radius 2 is 2.00 bits per heavy atom. The monoisotopic (exact) mass is 330 g/mol. The van der Waals surface area contributed by atoms with E-state index >= 15 is 0 Å². The van der Waals surface area contributed by atoms with E-state index in [1.165, 1.54) is 6.07 Å². The van der Waals surface area contributed by atoms with E-state index in [9.17, 15) is 10.1 Å². The summed E-state index contributed by atoms with van der Waals surface area (Å²) in [4.78, 5) is 10.5. The van der Waals surface area contributed by atoms with Crippen molar-refractivity contribution in [3.8, 4) is 0 Å². The topological polar surface area (TPSA) is 48.1 Å². The third kappa shape index (κ3) is 2.44. The first kappa shape index (κ1) is 12.9. The normalized spacial score (nSPS) is 10.8. The van der Waals surface area contributed by atoms with Crippen LogP contribution >= 0.6 is 15.9 Å². The minimum absolute atomic E-state index is 0.117. The second-order valence-electron chi connectivity index (χ2n) is 4.57. The fraction of sp³-hybridized carbons (Fsp3) is 0.0667. The number of aromatic nitrogens is 1. The SMILES string of the molecule is O=[N+]([O-])c1ccc2ccn(Cc3cccc(Br)c3)c2c1. The number of rotatable bonds is 3. The van der Waals surface area contributed by atoms with Gasteiger partial charge in [-0.05, 0) is 29.8 Å². The zero-order chi connectivity index (χ0) is 14.1. The van der Waals surface area contributed by atoms with Gasteiger partial charge in [0.15, 0.2) is 0 Å². The Hall–Kier alpha value is -2.14. The van der Waals surface area contributed by atoms with Crippen LogP contribution in [0.2, 0.25) is 0 Å². The summed E-state index contributed by atoms with van der Waals surface area (Å²) < 4.78 is 3.04. The molecule has 0 aliphatic carbocycles. The maximum absolute atomic E-state index is 10.9. The molecular formula is C15H11BrN2O2. The molecule has 20 heavy (non-hydrogen) atoms. The molecule has 0 N–H and O–H groups in total. The second kappa shape index (κ2) is 5.09. The molecule has 3 rings (SSSR count). The molecule has 5 heteroatoms. The highest BCUT2D eigenvalue weighted by Crippen LogP contribution is 2.23. The van der Waals surface area contributed by atoms with E-state index in [1.54, 1.807) is 12.1 Å². The van der Waals surface area contributed by atoms with Crippen molar-refractivity contribution < 1.29 is 4.92 Å². The molecule has 0 aliphatic rings. The van der Waals surface area contributed by atoms with Gasteiger partial charge in [-0.15, -0.1) is 0 Å². The Morgan fingerprint density at radius 1 is 1.15 bits per heavy atom. The Kier molecular flexibility index (Phi) is 3.28. The van der Waals surface area contributed by atoms with Crippen molar-refractivity contribution in [2.24, 2.45) is 0 Å². The van der Waals surface area contributed by atoms with Crippen molar-refractivity contribution in [3.05, 3.63) is 74.9 Å². The first-order valence-electron chi connectivity index (χ1n) is 6.11. The van der Waals surface area contributed by atoms with E-state index in [0.717, 1.165) is 20.9 Å². The number of non-ortho nitro benzene ring substituents is 1. The van der Waals surface area contributed by atoms with E-state index in [2.05, 4.69) is 15.9 Å². The fourth-order valence-corrected chi connectivity index (χ4v) is 2.70. The minimum Gasteiger partial charge on any atom is -0.343 e. The maximum atomic E-state index is 10.9. The van der Waals surface area contributed by atoms with Gasteiger partial charge in [0, 0.05) is 34.7 Å². The molecule has 1 heterocycles. The van der Waals surface area contributed by atoms with Gasteiger partial charge in [0.1, 0.15) is 0 Å². The van der Waals surface area contributed by atoms with Crippen LogP contribution < -0.4 is 0 Å². The van der Waals surface area contributed by atoms with Gasteiger partial charge in [-0.25, -0.2) is 0 Å². The molecule has 0 bridgehead atoms. The quantitative estimate of drug-likeness (QED) is 0.529. The Balaban J connectivity index is 2.03. The van der Waals surface area contributed by atoms with Crippen molar-refractivity contribution in [2.75, 3.05) is 0 Å². The highest BCUT2D eigenvalue weighted by atomic mass is 79.9. The third-order valence-electron chi connectivity index (χ3n) is 3.21. The van der Waals surface area contributed by atoms with Gasteiger partial charge in [0.2, 0.25) is 0 Å². The molecule has 3 aromatic rings. The van der Waals surface area contributed by atoms with Crippen LogP contribution in [0.3, 0.4) is 0 Å². The average Bonchev–Trinajstić information content (AvgIpc) is 2.81. The number of fused-ring (bicyclic) bond motifs is 1. The summed E-state index contributed by atoms with van der Waals surface area (Å²) in [6.07, 6.45) is 1.95. The van der Waals surface area contributed by atoms with Crippen molar-refractivity contribution in [3.63, 3.8) is 0 Å². The summed E-state index contributed by atoms with van der Waals surface area (Å²) in [7, 11) is 0. The lowest BCUT2D eigenvalue weighted by molar-refractivity contribution is -0.384. The van der Waals surface area contributed by atoms with Gasteiger partial charge < -0.3 is 4.57 Å². The predicted molar refractivity (Wildman–Crippen MR) is 81.8 cm³/mol. The molecule has 100 valence electrons. The number of halogens is 1. The largest absolute Gasteiger partial charge is 0.343 e. The van der Waals surface area contributed by atoms with Crippen LogP contribution in [0.15, 0.2) is 59.2 Å². The maximum Gasteiger partial charge on any atom is 0.271 e. The summed E-state index contributed by atoms with van der Waals surface area (Å²) in [5.74, 6) is 0. The molecule has 0 saturated heterocycles.